The molecule has 0 saturated carbocycles. The molecular weight excluding hydrogens is 436 g/mol. The van der Waals surface area contributed by atoms with Crippen molar-refractivity contribution >= 4 is 32.4 Å². The van der Waals surface area contributed by atoms with Crippen molar-refractivity contribution in [3.8, 4) is 5.75 Å². The Morgan fingerprint density at radius 3 is 2.81 bits per heavy atom. The molecule has 1 aliphatic rings. The molecule has 0 spiro atoms. The number of anilines is 1. The van der Waals surface area contributed by atoms with Crippen LogP contribution in [0.25, 0.3) is 0 Å². The fraction of sp³-hybridized carbons (Fsp3) is 0.286. The molecule has 1 heterocycles. The van der Waals surface area contributed by atoms with Crippen molar-refractivity contribution in [2.45, 2.75) is 36.6 Å². The number of nitrogens with zero attached hydrogens (tertiary/aromatic N) is 2. The van der Waals surface area contributed by atoms with Crippen LogP contribution in [-0.2, 0) is 16.4 Å². The van der Waals surface area contributed by atoms with Crippen molar-refractivity contribution in [1.82, 2.24) is 14.9 Å². The van der Waals surface area contributed by atoms with Crippen LogP contribution in [0.5, 0.6) is 5.75 Å². The van der Waals surface area contributed by atoms with Crippen molar-refractivity contribution in [2.75, 3.05) is 12.4 Å². The van der Waals surface area contributed by atoms with Gasteiger partial charge in [0.15, 0.2) is 0 Å². The lowest BCUT2D eigenvalue weighted by atomic mass is 9.88. The standard InChI is InChI=1S/C21H22N4O4S2/c1-13-5-3-7-15(11-13)19(26)22-20-23-24-21(30-20)31(27,28)25-18-8-4-6-14-12-16(29-2)9-10-17(14)18/h3,5,7,9-12,18,25H,4,6,8H2,1-2H3,(H,22,23,26)/t18-/m1/s1. The SMILES string of the molecule is COc1ccc2c(c1)CCC[C@H]2NS(=O)(=O)c1nnc(NC(=O)c2cccc(C)c2)s1. The molecule has 10 heteroatoms. The molecule has 1 amide bonds. The third kappa shape index (κ3) is 4.76. The molecule has 162 valence electrons. The zero-order chi connectivity index (χ0) is 22.0. The van der Waals surface area contributed by atoms with Crippen LogP contribution in [0.1, 0.15) is 45.9 Å². The molecule has 2 N–H and O–H groups in total. The summed E-state index contributed by atoms with van der Waals surface area (Å²) in [5.41, 5.74) is 3.42. The molecule has 1 aliphatic carbocycles. The van der Waals surface area contributed by atoms with E-state index < -0.39 is 10.0 Å². The Morgan fingerprint density at radius 2 is 2.03 bits per heavy atom. The van der Waals surface area contributed by atoms with Crippen molar-refractivity contribution in [1.29, 1.82) is 0 Å². The summed E-state index contributed by atoms with van der Waals surface area (Å²) in [7, 11) is -2.29. The predicted octanol–water partition coefficient (Wildman–Crippen LogP) is 3.46. The molecular formula is C21H22N4O4S2. The van der Waals surface area contributed by atoms with E-state index in [9.17, 15) is 13.2 Å². The van der Waals surface area contributed by atoms with Gasteiger partial charge in [0.25, 0.3) is 15.9 Å². The van der Waals surface area contributed by atoms with E-state index in [2.05, 4.69) is 20.2 Å². The fourth-order valence-corrected chi connectivity index (χ4v) is 5.76. The van der Waals surface area contributed by atoms with E-state index in [0.717, 1.165) is 46.6 Å². The number of hydrogen-bond donors (Lipinski definition) is 2. The van der Waals surface area contributed by atoms with Gasteiger partial charge in [-0.05, 0) is 61.6 Å². The zero-order valence-corrected chi connectivity index (χ0v) is 18.7. The molecule has 4 rings (SSSR count). The van der Waals surface area contributed by atoms with Gasteiger partial charge in [-0.1, -0.05) is 35.1 Å². The van der Waals surface area contributed by atoms with E-state index >= 15 is 0 Å². The Kier molecular flexibility index (Phi) is 6.03. The Balaban J connectivity index is 1.49. The number of benzene rings is 2. The summed E-state index contributed by atoms with van der Waals surface area (Å²) in [5, 5.41) is 10.4. The normalized spacial score (nSPS) is 15.9. The van der Waals surface area contributed by atoms with Gasteiger partial charge in [0.1, 0.15) is 5.75 Å². The second kappa shape index (κ2) is 8.74. The van der Waals surface area contributed by atoms with Crippen LogP contribution in [0.3, 0.4) is 0 Å². The van der Waals surface area contributed by atoms with Gasteiger partial charge in [-0.2, -0.15) is 0 Å². The smallest absolute Gasteiger partial charge is 0.270 e. The number of fused-ring (bicyclic) bond motifs is 1. The van der Waals surface area contributed by atoms with E-state index in [1.165, 1.54) is 0 Å². The molecule has 0 radical (unpaired) electrons. The highest BCUT2D eigenvalue weighted by Crippen LogP contribution is 2.33. The number of amides is 1. The average Bonchev–Trinajstić information content (AvgIpc) is 3.23. The Morgan fingerprint density at radius 1 is 1.19 bits per heavy atom. The number of carbonyl (C=O) groups excluding carboxylic acids is 1. The maximum Gasteiger partial charge on any atom is 0.270 e. The van der Waals surface area contributed by atoms with Crippen LogP contribution in [0.15, 0.2) is 46.8 Å². The summed E-state index contributed by atoms with van der Waals surface area (Å²) >= 11 is 0.818. The fourth-order valence-electron chi connectivity index (χ4n) is 3.60. The van der Waals surface area contributed by atoms with E-state index in [-0.39, 0.29) is 21.4 Å². The van der Waals surface area contributed by atoms with E-state index in [1.807, 2.05) is 31.2 Å². The summed E-state index contributed by atoms with van der Waals surface area (Å²) in [5.74, 6) is 0.382. The van der Waals surface area contributed by atoms with E-state index in [1.54, 1.807) is 25.3 Å². The monoisotopic (exact) mass is 458 g/mol. The van der Waals surface area contributed by atoms with Gasteiger partial charge in [0.05, 0.1) is 7.11 Å². The first kappa shape index (κ1) is 21.4. The molecule has 1 aromatic heterocycles. The highest BCUT2D eigenvalue weighted by Gasteiger charge is 2.28. The van der Waals surface area contributed by atoms with Crippen LogP contribution in [-0.4, -0.2) is 31.6 Å². The number of carbonyl (C=O) groups is 1. The number of rotatable bonds is 6. The summed E-state index contributed by atoms with van der Waals surface area (Å²) in [6.07, 6.45) is 2.42. The molecule has 31 heavy (non-hydrogen) atoms. The van der Waals surface area contributed by atoms with Crippen molar-refractivity contribution in [3.63, 3.8) is 0 Å². The second-order valence-electron chi connectivity index (χ2n) is 7.33. The minimum absolute atomic E-state index is 0.126. The van der Waals surface area contributed by atoms with Gasteiger partial charge in [-0.25, -0.2) is 13.1 Å². The summed E-state index contributed by atoms with van der Waals surface area (Å²) in [4.78, 5) is 12.4. The van der Waals surface area contributed by atoms with Crippen LogP contribution >= 0.6 is 11.3 Å². The average molecular weight is 459 g/mol. The number of ether oxygens (including phenoxy) is 1. The van der Waals surface area contributed by atoms with Crippen LogP contribution in [0.2, 0.25) is 0 Å². The summed E-state index contributed by atoms with van der Waals surface area (Å²) in [6, 6.07) is 12.4. The number of aryl methyl sites for hydroxylation is 2. The third-order valence-electron chi connectivity index (χ3n) is 5.10. The summed E-state index contributed by atoms with van der Waals surface area (Å²) < 4.78 is 33.6. The maximum absolute atomic E-state index is 12.9. The van der Waals surface area contributed by atoms with Gasteiger partial charge in [0, 0.05) is 11.6 Å². The molecule has 0 saturated heterocycles. The molecule has 3 aromatic rings. The van der Waals surface area contributed by atoms with Crippen molar-refractivity contribution in [3.05, 3.63) is 64.7 Å². The van der Waals surface area contributed by atoms with Crippen LogP contribution < -0.4 is 14.8 Å². The third-order valence-corrected chi connectivity index (χ3v) is 7.78. The highest BCUT2D eigenvalue weighted by atomic mass is 32.2. The minimum Gasteiger partial charge on any atom is -0.497 e. The molecule has 0 aliphatic heterocycles. The highest BCUT2D eigenvalue weighted by molar-refractivity contribution is 7.91. The summed E-state index contributed by atoms with van der Waals surface area (Å²) in [6.45, 7) is 1.89. The van der Waals surface area contributed by atoms with Crippen molar-refractivity contribution in [2.24, 2.45) is 0 Å². The number of nitrogens with one attached hydrogen (secondary N) is 2. The lowest BCUT2D eigenvalue weighted by Gasteiger charge is -2.26. The van der Waals surface area contributed by atoms with Crippen LogP contribution in [0, 0.1) is 6.92 Å². The topological polar surface area (TPSA) is 110 Å². The quantitative estimate of drug-likeness (QED) is 0.548. The van der Waals surface area contributed by atoms with E-state index in [4.69, 9.17) is 4.74 Å². The molecule has 0 unspecified atom stereocenters. The second-order valence-corrected chi connectivity index (χ2v) is 10.2. The molecule has 2 aromatic carbocycles. The van der Waals surface area contributed by atoms with Gasteiger partial charge >= 0.3 is 0 Å². The number of sulfonamides is 1. The molecule has 0 bridgehead atoms. The predicted molar refractivity (Wildman–Crippen MR) is 118 cm³/mol. The number of aromatic nitrogens is 2. The van der Waals surface area contributed by atoms with E-state index in [0.29, 0.717) is 12.0 Å². The minimum atomic E-state index is -3.89. The first-order valence-electron chi connectivity index (χ1n) is 9.76. The van der Waals surface area contributed by atoms with Gasteiger partial charge in [-0.3, -0.25) is 10.1 Å². The van der Waals surface area contributed by atoms with Gasteiger partial charge in [-0.15, -0.1) is 10.2 Å². The Hall–Kier alpha value is -2.82. The first-order chi connectivity index (χ1) is 14.9. The number of hydrogen-bond acceptors (Lipinski definition) is 7. The molecule has 1 atom stereocenters. The van der Waals surface area contributed by atoms with Crippen LogP contribution in [0.4, 0.5) is 5.13 Å². The first-order valence-corrected chi connectivity index (χ1v) is 12.1. The maximum atomic E-state index is 12.9. The Bertz CT molecular complexity index is 1220. The van der Waals surface area contributed by atoms with Crippen molar-refractivity contribution < 1.29 is 17.9 Å². The lowest BCUT2D eigenvalue weighted by molar-refractivity contribution is 0.102. The van der Waals surface area contributed by atoms with Gasteiger partial charge < -0.3 is 4.74 Å². The lowest BCUT2D eigenvalue weighted by Crippen LogP contribution is -2.31. The molecule has 8 nitrogen and oxygen atoms in total. The zero-order valence-electron chi connectivity index (χ0n) is 17.1. The Labute approximate surface area is 184 Å². The molecule has 0 fully saturated rings. The van der Waals surface area contributed by atoms with Gasteiger partial charge in [0.2, 0.25) is 9.47 Å². The largest absolute Gasteiger partial charge is 0.497 e. The number of methoxy groups -OCH3 is 1.